The third kappa shape index (κ3) is 3.79. The summed E-state index contributed by atoms with van der Waals surface area (Å²) < 4.78 is 19.7. The number of imidazole rings is 1. The summed E-state index contributed by atoms with van der Waals surface area (Å²) in [5.41, 5.74) is 12.5. The summed E-state index contributed by atoms with van der Waals surface area (Å²) in [5, 5.41) is 3.84. The number of hydrogen-bond acceptors (Lipinski definition) is 5. The number of nitrogens with one attached hydrogen (secondary N) is 1. The molecule has 0 spiro atoms. The van der Waals surface area contributed by atoms with Crippen molar-refractivity contribution in [2.24, 2.45) is 24.6 Å². The van der Waals surface area contributed by atoms with Crippen molar-refractivity contribution in [2.45, 2.75) is 50.9 Å². The van der Waals surface area contributed by atoms with Crippen LogP contribution in [0.5, 0.6) is 0 Å². The molecule has 5 aromatic rings. The minimum Gasteiger partial charge on any atom is -0.348 e. The molecule has 44 heavy (non-hydrogen) atoms. The predicted molar refractivity (Wildman–Crippen MR) is 164 cm³/mol. The third-order valence-corrected chi connectivity index (χ3v) is 10.3. The lowest BCUT2D eigenvalue weighted by Gasteiger charge is -2.27. The average Bonchev–Trinajstić information content (AvgIpc) is 3.24. The second-order valence-corrected chi connectivity index (χ2v) is 13.0. The van der Waals surface area contributed by atoms with Gasteiger partial charge in [0.2, 0.25) is 0 Å². The number of likely N-dealkylation sites (tertiary alicyclic amines) is 1. The quantitative estimate of drug-likeness (QED) is 0.311. The Labute approximate surface area is 252 Å². The zero-order chi connectivity index (χ0) is 29.9. The van der Waals surface area contributed by atoms with Crippen LogP contribution in [0.25, 0.3) is 44.8 Å². The van der Waals surface area contributed by atoms with Crippen LogP contribution in [0.3, 0.4) is 0 Å². The van der Waals surface area contributed by atoms with E-state index in [-0.39, 0.29) is 23.9 Å². The third-order valence-electron chi connectivity index (χ3n) is 10.3. The van der Waals surface area contributed by atoms with Gasteiger partial charge >= 0.3 is 0 Å². The number of rotatable bonds is 5. The minimum absolute atomic E-state index is 0.00122. The van der Waals surface area contributed by atoms with Crippen molar-refractivity contribution in [2.75, 3.05) is 6.54 Å². The lowest BCUT2D eigenvalue weighted by molar-refractivity contribution is 0.0700. The summed E-state index contributed by atoms with van der Waals surface area (Å²) in [6.45, 7) is 1.97. The van der Waals surface area contributed by atoms with Gasteiger partial charge in [-0.1, -0.05) is 12.1 Å². The molecule has 5 heterocycles. The molecule has 10 heteroatoms. The molecule has 4 aliphatic rings. The molecule has 3 aromatic heterocycles. The van der Waals surface area contributed by atoms with Gasteiger partial charge in [0.1, 0.15) is 17.0 Å². The molecule has 2 aliphatic carbocycles. The molecule has 222 valence electrons. The van der Waals surface area contributed by atoms with E-state index in [1.165, 1.54) is 6.07 Å². The van der Waals surface area contributed by atoms with Crippen molar-refractivity contribution in [3.8, 4) is 22.8 Å². The molecule has 2 aromatic carbocycles. The van der Waals surface area contributed by atoms with E-state index >= 15 is 4.39 Å². The fourth-order valence-corrected chi connectivity index (χ4v) is 7.69. The molecule has 3 N–H and O–H groups in total. The van der Waals surface area contributed by atoms with Gasteiger partial charge in [0.05, 0.1) is 16.9 Å². The molecule has 0 radical (unpaired) electrons. The molecule has 3 atom stereocenters. The highest BCUT2D eigenvalue weighted by atomic mass is 19.1. The Hall–Kier alpha value is -4.57. The lowest BCUT2D eigenvalue weighted by Crippen LogP contribution is -2.41. The highest BCUT2D eigenvalue weighted by molar-refractivity contribution is 6.00. The van der Waals surface area contributed by atoms with E-state index in [0.29, 0.717) is 52.9 Å². The average molecular weight is 590 g/mol. The highest BCUT2D eigenvalue weighted by Gasteiger charge is 2.47. The zero-order valence-corrected chi connectivity index (χ0v) is 24.4. The molecule has 3 fully saturated rings. The van der Waals surface area contributed by atoms with Gasteiger partial charge in [-0.3, -0.25) is 9.59 Å². The number of carbonyl (C=O) groups is 2. The molecule has 9 nitrogen and oxygen atoms in total. The molecule has 2 saturated carbocycles. The van der Waals surface area contributed by atoms with E-state index in [9.17, 15) is 9.59 Å². The SMILES string of the molecule is Cn1c(-c2cc3ccc(-c4ccc5c(c4)C(=O)NC5)nc3n2CC2CC2)nc2cc(C(=O)N3CC4CCC3[C@@H]4N)cc(F)c21. The Morgan fingerprint density at radius 2 is 1.93 bits per heavy atom. The van der Waals surface area contributed by atoms with Crippen LogP contribution in [0.1, 0.15) is 52.0 Å². The van der Waals surface area contributed by atoms with Crippen LogP contribution in [0.2, 0.25) is 0 Å². The van der Waals surface area contributed by atoms with E-state index in [1.807, 2.05) is 42.3 Å². The van der Waals surface area contributed by atoms with Crippen molar-refractivity contribution >= 4 is 33.9 Å². The fraction of sp³-hybridized carbons (Fsp3) is 0.353. The van der Waals surface area contributed by atoms with Gasteiger partial charge in [-0.05, 0) is 79.5 Å². The first-order valence-corrected chi connectivity index (χ1v) is 15.5. The summed E-state index contributed by atoms with van der Waals surface area (Å²) in [4.78, 5) is 37.6. The molecule has 2 aliphatic heterocycles. The maximum absolute atomic E-state index is 15.7. The summed E-state index contributed by atoms with van der Waals surface area (Å²) >= 11 is 0. The normalized spacial score (nSPS) is 22.4. The van der Waals surface area contributed by atoms with Crippen LogP contribution in [0.4, 0.5) is 4.39 Å². The van der Waals surface area contributed by atoms with Crippen LogP contribution < -0.4 is 11.1 Å². The lowest BCUT2D eigenvalue weighted by atomic mass is 10.0. The minimum atomic E-state index is -0.466. The number of nitrogens with two attached hydrogens (primary N) is 1. The Morgan fingerprint density at radius 3 is 2.70 bits per heavy atom. The van der Waals surface area contributed by atoms with Gasteiger partial charge in [0.15, 0.2) is 5.82 Å². The van der Waals surface area contributed by atoms with Crippen LogP contribution in [-0.4, -0.2) is 54.4 Å². The number of amides is 2. The number of nitrogens with zero attached hydrogens (tertiary/aromatic N) is 5. The van der Waals surface area contributed by atoms with E-state index in [1.54, 1.807) is 10.6 Å². The van der Waals surface area contributed by atoms with Crippen molar-refractivity contribution in [1.29, 1.82) is 0 Å². The number of fused-ring (bicyclic) bond motifs is 5. The number of benzene rings is 2. The monoisotopic (exact) mass is 589 g/mol. The largest absolute Gasteiger partial charge is 0.348 e. The topological polar surface area (TPSA) is 111 Å². The summed E-state index contributed by atoms with van der Waals surface area (Å²) in [5.74, 6) is 0.800. The number of pyridine rings is 1. The van der Waals surface area contributed by atoms with E-state index in [2.05, 4.69) is 16.0 Å². The Bertz CT molecular complexity index is 2060. The molecule has 2 unspecified atom stereocenters. The number of carbonyl (C=O) groups excluding carboxylic acids is 2. The smallest absolute Gasteiger partial charge is 0.254 e. The zero-order valence-electron chi connectivity index (χ0n) is 24.4. The maximum Gasteiger partial charge on any atom is 0.254 e. The van der Waals surface area contributed by atoms with Crippen LogP contribution in [0.15, 0.2) is 48.5 Å². The van der Waals surface area contributed by atoms with Gasteiger partial charge in [0.25, 0.3) is 11.8 Å². The number of piperidine rings is 1. The second kappa shape index (κ2) is 9.22. The van der Waals surface area contributed by atoms with Crippen LogP contribution in [0, 0.1) is 17.7 Å². The van der Waals surface area contributed by atoms with Gasteiger partial charge in [0, 0.05) is 60.8 Å². The van der Waals surface area contributed by atoms with E-state index in [0.717, 1.165) is 65.8 Å². The summed E-state index contributed by atoms with van der Waals surface area (Å²) in [6, 6.07) is 15.1. The van der Waals surface area contributed by atoms with Gasteiger partial charge < -0.3 is 25.1 Å². The van der Waals surface area contributed by atoms with Gasteiger partial charge in [-0.15, -0.1) is 0 Å². The number of halogens is 1. The second-order valence-electron chi connectivity index (χ2n) is 13.0. The summed E-state index contributed by atoms with van der Waals surface area (Å²) in [6.07, 6.45) is 4.26. The standard InChI is InChI=1S/C34H32FN7O2/c1-40-30-24(35)11-22(34(44)42-16-21-7-9-27(42)29(21)36)12-26(30)39-32(40)28-13-19-6-8-25(38-31(19)41(28)15-17-2-3-17)18-4-5-20-14-37-33(43)23(20)10-18/h4-6,8,10-13,17,21,27,29H,2-3,7,9,14-16,36H2,1H3,(H,37,43)/t21?,27?,29-/m1/s1. The van der Waals surface area contributed by atoms with Gasteiger partial charge in [-0.25, -0.2) is 14.4 Å². The van der Waals surface area contributed by atoms with Gasteiger partial charge in [-0.2, -0.15) is 0 Å². The first-order chi connectivity index (χ1) is 21.3. The molecule has 1 saturated heterocycles. The van der Waals surface area contributed by atoms with Crippen molar-refractivity contribution < 1.29 is 14.0 Å². The van der Waals surface area contributed by atoms with Crippen LogP contribution >= 0.6 is 0 Å². The first-order valence-electron chi connectivity index (χ1n) is 15.5. The van der Waals surface area contributed by atoms with Crippen molar-refractivity contribution in [3.63, 3.8) is 0 Å². The predicted octanol–water partition coefficient (Wildman–Crippen LogP) is 4.61. The molecule has 2 bridgehead atoms. The Morgan fingerprint density at radius 1 is 1.07 bits per heavy atom. The first kappa shape index (κ1) is 25.9. The van der Waals surface area contributed by atoms with Crippen molar-refractivity contribution in [3.05, 3.63) is 71.0 Å². The Kier molecular flexibility index (Phi) is 5.42. The highest BCUT2D eigenvalue weighted by Crippen LogP contribution is 2.39. The molecule has 9 rings (SSSR count). The van der Waals surface area contributed by atoms with Crippen molar-refractivity contribution in [1.82, 2.24) is 29.3 Å². The van der Waals surface area contributed by atoms with E-state index in [4.69, 9.17) is 15.7 Å². The van der Waals surface area contributed by atoms with Crippen LogP contribution in [-0.2, 0) is 20.1 Å². The number of hydrogen-bond donors (Lipinski definition) is 2. The molecular formula is C34H32FN7O2. The number of aromatic nitrogens is 4. The fourth-order valence-electron chi connectivity index (χ4n) is 7.69. The number of aryl methyl sites for hydroxylation is 1. The molecular weight excluding hydrogens is 557 g/mol. The summed E-state index contributed by atoms with van der Waals surface area (Å²) in [7, 11) is 1.82. The Balaban J connectivity index is 1.14. The molecule has 2 amide bonds. The van der Waals surface area contributed by atoms with E-state index < -0.39 is 5.82 Å². The maximum atomic E-state index is 15.7.